The van der Waals surface area contributed by atoms with Crippen LogP contribution in [0.5, 0.6) is 0 Å². The molecule has 3 aromatic rings. The molecule has 0 bridgehead atoms. The highest BCUT2D eigenvalue weighted by atomic mass is 19.4. The van der Waals surface area contributed by atoms with Crippen LogP contribution in [0.15, 0.2) is 54.9 Å². The minimum atomic E-state index is -4.41. The van der Waals surface area contributed by atoms with Crippen molar-refractivity contribution < 1.29 is 22.7 Å². The van der Waals surface area contributed by atoms with Gasteiger partial charge in [0.15, 0.2) is 0 Å². The molecule has 10 heteroatoms. The van der Waals surface area contributed by atoms with Crippen molar-refractivity contribution in [2.75, 3.05) is 11.9 Å². The molecule has 7 nitrogen and oxygen atoms in total. The number of anilines is 1. The van der Waals surface area contributed by atoms with Crippen LogP contribution in [0.1, 0.15) is 63.5 Å². The number of rotatable bonds is 7. The van der Waals surface area contributed by atoms with E-state index in [1.807, 2.05) is 34.6 Å². The quantitative estimate of drug-likeness (QED) is 0.406. The standard InChI is InChI=1S/C28H32F3N5O2/c1-16(22-10-9-19(14-33-22)18-7-6-8-20(13-18)28(29,30)31)35-26-32-12-11-23(36-26)24-21(15-34-25(24)37)17(2)38-27(3,4)5/h6-14,16-17,21,24H,15H2,1-5H3,(H,34,37)(H,32,35,36)/t16-,17+,21?,24+/m0/s1. The number of hydrogen-bond donors (Lipinski definition) is 2. The molecule has 0 aliphatic carbocycles. The van der Waals surface area contributed by atoms with Crippen molar-refractivity contribution in [1.29, 1.82) is 0 Å². The van der Waals surface area contributed by atoms with Crippen LogP contribution < -0.4 is 10.6 Å². The average Bonchev–Trinajstić information content (AvgIpc) is 3.24. The molecule has 1 aromatic carbocycles. The molecule has 0 saturated carbocycles. The normalized spacial score (nSPS) is 19.6. The number of hydrogen-bond acceptors (Lipinski definition) is 6. The van der Waals surface area contributed by atoms with Crippen molar-refractivity contribution in [3.63, 3.8) is 0 Å². The van der Waals surface area contributed by atoms with Crippen LogP contribution in [0, 0.1) is 5.92 Å². The molecule has 1 unspecified atom stereocenters. The molecule has 1 fully saturated rings. The molecule has 1 aliphatic heterocycles. The summed E-state index contributed by atoms with van der Waals surface area (Å²) in [5, 5.41) is 6.14. The number of amides is 1. The van der Waals surface area contributed by atoms with Gasteiger partial charge in [0.2, 0.25) is 11.9 Å². The Hall–Kier alpha value is -3.53. The number of ether oxygens (including phenoxy) is 1. The number of carbonyl (C=O) groups is 1. The van der Waals surface area contributed by atoms with Crippen LogP contribution in [0.3, 0.4) is 0 Å². The fraction of sp³-hybridized carbons (Fsp3) is 0.429. The highest BCUT2D eigenvalue weighted by Crippen LogP contribution is 2.34. The third-order valence-corrected chi connectivity index (χ3v) is 6.46. The number of carbonyl (C=O) groups excluding carboxylic acids is 1. The van der Waals surface area contributed by atoms with E-state index < -0.39 is 17.7 Å². The second-order valence-electron chi connectivity index (χ2n) is 10.5. The van der Waals surface area contributed by atoms with Crippen molar-refractivity contribution in [3.8, 4) is 11.1 Å². The van der Waals surface area contributed by atoms with Crippen LogP contribution >= 0.6 is 0 Å². The summed E-state index contributed by atoms with van der Waals surface area (Å²) in [6.07, 6.45) is -1.42. The number of halogens is 3. The lowest BCUT2D eigenvalue weighted by atomic mass is 9.88. The van der Waals surface area contributed by atoms with Gasteiger partial charge in [-0.15, -0.1) is 0 Å². The molecule has 2 N–H and O–H groups in total. The second kappa shape index (κ2) is 10.7. The Balaban J connectivity index is 1.48. The summed E-state index contributed by atoms with van der Waals surface area (Å²) in [5.74, 6) is -0.284. The third kappa shape index (κ3) is 6.48. The lowest BCUT2D eigenvalue weighted by Crippen LogP contribution is -2.34. The maximum absolute atomic E-state index is 13.1. The lowest BCUT2D eigenvalue weighted by Gasteiger charge is -2.30. The summed E-state index contributed by atoms with van der Waals surface area (Å²) in [6.45, 7) is 10.3. The third-order valence-electron chi connectivity index (χ3n) is 6.46. The van der Waals surface area contributed by atoms with E-state index in [1.165, 1.54) is 6.07 Å². The summed E-state index contributed by atoms with van der Waals surface area (Å²) < 4.78 is 45.3. The molecule has 2 aromatic heterocycles. The number of nitrogens with one attached hydrogen (secondary N) is 2. The van der Waals surface area contributed by atoms with Gasteiger partial charge in [0.25, 0.3) is 0 Å². The Labute approximate surface area is 220 Å². The molecule has 38 heavy (non-hydrogen) atoms. The van der Waals surface area contributed by atoms with Crippen LogP contribution in [0.2, 0.25) is 0 Å². The van der Waals surface area contributed by atoms with Gasteiger partial charge in [-0.2, -0.15) is 13.2 Å². The van der Waals surface area contributed by atoms with Crippen molar-refractivity contribution in [2.45, 2.75) is 64.5 Å². The molecule has 3 heterocycles. The van der Waals surface area contributed by atoms with Crippen LogP contribution in [-0.2, 0) is 15.7 Å². The number of benzene rings is 1. The predicted octanol–water partition coefficient (Wildman–Crippen LogP) is 5.76. The number of alkyl halides is 3. The van der Waals surface area contributed by atoms with Gasteiger partial charge in [0.1, 0.15) is 0 Å². The van der Waals surface area contributed by atoms with Gasteiger partial charge < -0.3 is 15.4 Å². The van der Waals surface area contributed by atoms with E-state index in [0.29, 0.717) is 35.0 Å². The fourth-order valence-electron chi connectivity index (χ4n) is 4.67. The van der Waals surface area contributed by atoms with Gasteiger partial charge in [0.05, 0.1) is 40.6 Å². The first-order chi connectivity index (χ1) is 17.8. The van der Waals surface area contributed by atoms with Gasteiger partial charge in [-0.1, -0.05) is 18.2 Å². The van der Waals surface area contributed by atoms with Gasteiger partial charge in [-0.25, -0.2) is 9.97 Å². The van der Waals surface area contributed by atoms with Crippen LogP contribution in [0.25, 0.3) is 11.1 Å². The minimum absolute atomic E-state index is 0.0769. The van der Waals surface area contributed by atoms with E-state index in [4.69, 9.17) is 4.74 Å². The highest BCUT2D eigenvalue weighted by Gasteiger charge is 2.41. The molecule has 4 atom stereocenters. The van der Waals surface area contributed by atoms with Gasteiger partial charge in [-0.3, -0.25) is 9.78 Å². The van der Waals surface area contributed by atoms with Crippen molar-refractivity contribution >= 4 is 11.9 Å². The first kappa shape index (κ1) is 27.5. The summed E-state index contributed by atoms with van der Waals surface area (Å²) >= 11 is 0. The first-order valence-electron chi connectivity index (χ1n) is 12.5. The molecule has 1 aliphatic rings. The van der Waals surface area contributed by atoms with Gasteiger partial charge in [0, 0.05) is 30.4 Å². The number of pyridine rings is 1. The van der Waals surface area contributed by atoms with Gasteiger partial charge >= 0.3 is 6.18 Å². The Morgan fingerprint density at radius 3 is 2.47 bits per heavy atom. The largest absolute Gasteiger partial charge is 0.416 e. The Morgan fingerprint density at radius 1 is 1.05 bits per heavy atom. The first-order valence-corrected chi connectivity index (χ1v) is 12.5. The van der Waals surface area contributed by atoms with E-state index >= 15 is 0 Å². The molecule has 1 amide bonds. The highest BCUT2D eigenvalue weighted by molar-refractivity contribution is 5.86. The van der Waals surface area contributed by atoms with E-state index in [1.54, 1.807) is 36.7 Å². The fourth-order valence-corrected chi connectivity index (χ4v) is 4.67. The van der Waals surface area contributed by atoms with Crippen LogP contribution in [0.4, 0.5) is 19.1 Å². The Bertz CT molecular complexity index is 1270. The molecular formula is C28H32F3N5O2. The topological polar surface area (TPSA) is 89.0 Å². The van der Waals surface area contributed by atoms with Crippen molar-refractivity contribution in [2.24, 2.45) is 5.92 Å². The maximum atomic E-state index is 13.1. The molecule has 1 saturated heterocycles. The van der Waals surface area contributed by atoms with E-state index in [-0.39, 0.29) is 29.6 Å². The lowest BCUT2D eigenvalue weighted by molar-refractivity contribution is -0.137. The minimum Gasteiger partial charge on any atom is -0.373 e. The summed E-state index contributed by atoms with van der Waals surface area (Å²) in [5.41, 5.74) is 1.24. The summed E-state index contributed by atoms with van der Waals surface area (Å²) in [6, 6.07) is 10.1. The smallest absolute Gasteiger partial charge is 0.373 e. The molecule has 0 radical (unpaired) electrons. The molecular weight excluding hydrogens is 495 g/mol. The number of aromatic nitrogens is 3. The number of nitrogens with zero attached hydrogens (tertiary/aromatic N) is 3. The zero-order valence-corrected chi connectivity index (χ0v) is 22.0. The van der Waals surface area contributed by atoms with E-state index in [9.17, 15) is 18.0 Å². The monoisotopic (exact) mass is 527 g/mol. The van der Waals surface area contributed by atoms with E-state index in [0.717, 1.165) is 12.1 Å². The Morgan fingerprint density at radius 2 is 1.82 bits per heavy atom. The second-order valence-corrected chi connectivity index (χ2v) is 10.5. The SMILES string of the molecule is C[C@H](Nc1nccc([C@@H]2C(=O)NCC2[C@@H](C)OC(C)(C)C)n1)c1ccc(-c2cccc(C(F)(F)F)c2)cn1. The molecule has 0 spiro atoms. The average molecular weight is 528 g/mol. The molecule has 4 rings (SSSR count). The zero-order valence-electron chi connectivity index (χ0n) is 22.0. The summed E-state index contributed by atoms with van der Waals surface area (Å²) in [4.78, 5) is 26.1. The maximum Gasteiger partial charge on any atom is 0.416 e. The summed E-state index contributed by atoms with van der Waals surface area (Å²) in [7, 11) is 0. The van der Waals surface area contributed by atoms with Crippen molar-refractivity contribution in [1.82, 2.24) is 20.3 Å². The van der Waals surface area contributed by atoms with Crippen LogP contribution in [-0.4, -0.2) is 39.1 Å². The van der Waals surface area contributed by atoms with E-state index in [2.05, 4.69) is 25.6 Å². The predicted molar refractivity (Wildman–Crippen MR) is 138 cm³/mol. The molecule has 202 valence electrons. The zero-order chi connectivity index (χ0) is 27.7. The Kier molecular flexibility index (Phi) is 7.73. The van der Waals surface area contributed by atoms with Gasteiger partial charge in [-0.05, 0) is 64.4 Å². The van der Waals surface area contributed by atoms with Crippen molar-refractivity contribution in [3.05, 3.63) is 71.8 Å².